The molecule has 0 aliphatic carbocycles. The largest absolute Gasteiger partial charge is 0.494 e. The van der Waals surface area contributed by atoms with Crippen LogP contribution in [0.25, 0.3) is 22.4 Å². The number of thiazole rings is 1. The van der Waals surface area contributed by atoms with Crippen LogP contribution in [0.1, 0.15) is 18.9 Å². The Hall–Kier alpha value is -2.70. The van der Waals surface area contributed by atoms with E-state index in [1.807, 2.05) is 42.5 Å². The molecule has 5 nitrogen and oxygen atoms in total. The highest BCUT2D eigenvalue weighted by atomic mass is 35.5. The van der Waals surface area contributed by atoms with Gasteiger partial charge in [-0.3, -0.25) is 4.79 Å². The number of nitrogens with zero attached hydrogens (tertiary/aromatic N) is 3. The van der Waals surface area contributed by atoms with Gasteiger partial charge in [0.25, 0.3) is 5.56 Å². The summed E-state index contributed by atoms with van der Waals surface area (Å²) in [4.78, 5) is 17.7. The third-order valence-electron chi connectivity index (χ3n) is 3.91. The van der Waals surface area contributed by atoms with Gasteiger partial charge >= 0.3 is 0 Å². The summed E-state index contributed by atoms with van der Waals surface area (Å²) in [5, 5.41) is 5.00. The minimum Gasteiger partial charge on any atom is -0.494 e. The summed E-state index contributed by atoms with van der Waals surface area (Å²) in [6.07, 6.45) is 2.76. The lowest BCUT2D eigenvalue weighted by Crippen LogP contribution is -2.23. The molecule has 4 aromatic rings. The van der Waals surface area contributed by atoms with Gasteiger partial charge in [-0.1, -0.05) is 42.0 Å². The van der Waals surface area contributed by atoms with Crippen molar-refractivity contribution in [3.63, 3.8) is 0 Å². The molecule has 0 spiro atoms. The van der Waals surface area contributed by atoms with Gasteiger partial charge < -0.3 is 4.74 Å². The standard InChI is InChI=1S/C20H16ClN3O2S/c1-2-10-26-16-8-6-14(7-9-16)18-22-20-24(23-18)19(25)17(27-20)12-13-4-3-5-15(21)11-13/h3-9,11-12H,2,10H2,1H3/b17-12+. The van der Waals surface area contributed by atoms with Crippen LogP contribution in [0.15, 0.2) is 53.3 Å². The fourth-order valence-electron chi connectivity index (χ4n) is 2.62. The van der Waals surface area contributed by atoms with Crippen molar-refractivity contribution in [1.29, 1.82) is 0 Å². The number of rotatable bonds is 5. The maximum atomic E-state index is 12.6. The van der Waals surface area contributed by atoms with Gasteiger partial charge in [0.05, 0.1) is 11.1 Å². The molecule has 2 aromatic carbocycles. The first-order chi connectivity index (χ1) is 13.1. The molecule has 0 unspecified atom stereocenters. The maximum Gasteiger partial charge on any atom is 0.291 e. The average Bonchev–Trinajstić information content (AvgIpc) is 3.20. The molecule has 0 saturated heterocycles. The molecule has 4 rings (SSSR count). The molecular formula is C20H16ClN3O2S. The van der Waals surface area contributed by atoms with Gasteiger partial charge in [0.15, 0.2) is 5.82 Å². The lowest BCUT2D eigenvalue weighted by Gasteiger charge is -2.04. The zero-order valence-corrected chi connectivity index (χ0v) is 16.1. The van der Waals surface area contributed by atoms with Crippen LogP contribution in [0.4, 0.5) is 0 Å². The van der Waals surface area contributed by atoms with E-state index in [9.17, 15) is 4.79 Å². The number of benzene rings is 2. The molecule has 0 atom stereocenters. The van der Waals surface area contributed by atoms with E-state index >= 15 is 0 Å². The van der Waals surface area contributed by atoms with Crippen molar-refractivity contribution < 1.29 is 4.74 Å². The molecule has 0 aliphatic rings. The summed E-state index contributed by atoms with van der Waals surface area (Å²) in [6, 6.07) is 14.9. The van der Waals surface area contributed by atoms with Crippen molar-refractivity contribution in [2.75, 3.05) is 6.61 Å². The topological polar surface area (TPSA) is 56.5 Å². The normalized spacial score (nSPS) is 12.0. The van der Waals surface area contributed by atoms with E-state index in [0.29, 0.717) is 26.9 Å². The van der Waals surface area contributed by atoms with E-state index in [1.54, 1.807) is 12.1 Å². The predicted octanol–water partition coefficient (Wildman–Crippen LogP) is 3.81. The van der Waals surface area contributed by atoms with Crippen molar-refractivity contribution in [2.45, 2.75) is 13.3 Å². The van der Waals surface area contributed by atoms with E-state index in [0.717, 1.165) is 23.3 Å². The second-order valence-corrected chi connectivity index (χ2v) is 7.42. The van der Waals surface area contributed by atoms with Gasteiger partial charge in [0, 0.05) is 10.6 Å². The third kappa shape index (κ3) is 3.72. The summed E-state index contributed by atoms with van der Waals surface area (Å²) >= 11 is 7.31. The second kappa shape index (κ2) is 7.50. The lowest BCUT2D eigenvalue weighted by atomic mass is 10.2. The average molecular weight is 398 g/mol. The Balaban J connectivity index is 1.67. The molecule has 0 fully saturated rings. The Morgan fingerprint density at radius 2 is 2.04 bits per heavy atom. The molecule has 0 radical (unpaired) electrons. The van der Waals surface area contributed by atoms with Gasteiger partial charge in [-0.25, -0.2) is 0 Å². The van der Waals surface area contributed by atoms with E-state index in [4.69, 9.17) is 16.3 Å². The van der Waals surface area contributed by atoms with Crippen molar-refractivity contribution in [3.05, 3.63) is 74.0 Å². The van der Waals surface area contributed by atoms with Crippen LogP contribution in [-0.4, -0.2) is 21.2 Å². The number of aromatic nitrogens is 3. The van der Waals surface area contributed by atoms with E-state index < -0.39 is 0 Å². The number of halogens is 1. The second-order valence-electron chi connectivity index (χ2n) is 5.97. The van der Waals surface area contributed by atoms with Gasteiger partial charge in [0.2, 0.25) is 4.96 Å². The first-order valence-corrected chi connectivity index (χ1v) is 9.73. The number of fused-ring (bicyclic) bond motifs is 1. The maximum absolute atomic E-state index is 12.6. The Morgan fingerprint density at radius 1 is 1.22 bits per heavy atom. The molecule has 0 saturated carbocycles. The monoisotopic (exact) mass is 397 g/mol. The number of hydrogen-bond donors (Lipinski definition) is 0. The number of ether oxygens (including phenoxy) is 1. The molecule has 27 heavy (non-hydrogen) atoms. The minimum absolute atomic E-state index is 0.184. The fraction of sp³-hybridized carbons (Fsp3) is 0.150. The molecule has 0 aliphatic heterocycles. The zero-order valence-electron chi connectivity index (χ0n) is 14.6. The van der Waals surface area contributed by atoms with Gasteiger partial charge in [0.1, 0.15) is 5.75 Å². The van der Waals surface area contributed by atoms with Crippen molar-refractivity contribution >= 4 is 34.0 Å². The third-order valence-corrected chi connectivity index (χ3v) is 5.11. The number of hydrogen-bond acceptors (Lipinski definition) is 5. The smallest absolute Gasteiger partial charge is 0.291 e. The predicted molar refractivity (Wildman–Crippen MR) is 109 cm³/mol. The SMILES string of the molecule is CCCOc1ccc(-c2nc3s/c(=C/c4cccc(Cl)c4)c(=O)n3n2)cc1. The van der Waals surface area contributed by atoms with Crippen molar-refractivity contribution in [2.24, 2.45) is 0 Å². The summed E-state index contributed by atoms with van der Waals surface area (Å²) in [5.74, 6) is 1.33. The van der Waals surface area contributed by atoms with Crippen LogP contribution in [0.2, 0.25) is 5.02 Å². The highest BCUT2D eigenvalue weighted by Crippen LogP contribution is 2.20. The first-order valence-electron chi connectivity index (χ1n) is 8.54. The highest BCUT2D eigenvalue weighted by Gasteiger charge is 2.12. The fourth-order valence-corrected chi connectivity index (χ4v) is 3.73. The van der Waals surface area contributed by atoms with Crippen LogP contribution >= 0.6 is 22.9 Å². The van der Waals surface area contributed by atoms with E-state index in [2.05, 4.69) is 17.0 Å². The van der Waals surface area contributed by atoms with Crippen LogP contribution in [0, 0.1) is 0 Å². The van der Waals surface area contributed by atoms with E-state index in [-0.39, 0.29) is 5.56 Å². The van der Waals surface area contributed by atoms with Crippen LogP contribution in [0.5, 0.6) is 5.75 Å². The molecular weight excluding hydrogens is 382 g/mol. The van der Waals surface area contributed by atoms with E-state index in [1.165, 1.54) is 15.9 Å². The van der Waals surface area contributed by atoms with Crippen LogP contribution in [-0.2, 0) is 0 Å². The Kier molecular flexibility index (Phi) is 4.92. The van der Waals surface area contributed by atoms with Crippen molar-refractivity contribution in [3.8, 4) is 17.1 Å². The lowest BCUT2D eigenvalue weighted by molar-refractivity contribution is 0.317. The van der Waals surface area contributed by atoms with Crippen LogP contribution < -0.4 is 14.8 Å². The van der Waals surface area contributed by atoms with Gasteiger partial charge in [-0.05, 0) is 54.5 Å². The summed E-state index contributed by atoms with van der Waals surface area (Å²) in [7, 11) is 0. The summed E-state index contributed by atoms with van der Waals surface area (Å²) in [6.45, 7) is 2.75. The molecule has 7 heteroatoms. The highest BCUT2D eigenvalue weighted by molar-refractivity contribution is 7.15. The van der Waals surface area contributed by atoms with Gasteiger partial charge in [-0.15, -0.1) is 5.10 Å². The molecule has 0 N–H and O–H groups in total. The minimum atomic E-state index is -0.184. The zero-order chi connectivity index (χ0) is 18.8. The first kappa shape index (κ1) is 17.7. The summed E-state index contributed by atoms with van der Waals surface area (Å²) < 4.78 is 7.50. The quantitative estimate of drug-likeness (QED) is 0.514. The summed E-state index contributed by atoms with van der Waals surface area (Å²) in [5.41, 5.74) is 1.53. The molecule has 2 aromatic heterocycles. The molecule has 0 bridgehead atoms. The molecule has 0 amide bonds. The van der Waals surface area contributed by atoms with Gasteiger partial charge in [-0.2, -0.15) is 9.50 Å². The van der Waals surface area contributed by atoms with Crippen molar-refractivity contribution in [1.82, 2.24) is 14.6 Å². The van der Waals surface area contributed by atoms with Crippen LogP contribution in [0.3, 0.4) is 0 Å². The Labute approximate surface area is 164 Å². The Bertz CT molecular complexity index is 1200. The Morgan fingerprint density at radius 3 is 2.74 bits per heavy atom. The molecule has 2 heterocycles. The molecule has 136 valence electrons.